The van der Waals surface area contributed by atoms with E-state index in [1.54, 1.807) is 24.3 Å². The van der Waals surface area contributed by atoms with Gasteiger partial charge >= 0.3 is 5.97 Å². The van der Waals surface area contributed by atoms with Gasteiger partial charge in [0.25, 0.3) is 0 Å². The summed E-state index contributed by atoms with van der Waals surface area (Å²) in [5, 5.41) is 9.05. The van der Waals surface area contributed by atoms with Crippen molar-refractivity contribution in [1.29, 1.82) is 0 Å². The van der Waals surface area contributed by atoms with Crippen molar-refractivity contribution in [2.75, 3.05) is 13.2 Å². The largest absolute Gasteiger partial charge is 0.461 e. The molecule has 0 unspecified atom stereocenters. The lowest BCUT2D eigenvalue weighted by Gasteiger charge is -2.11. The molecule has 0 amide bonds. The molecule has 80 valence electrons. The zero-order valence-electron chi connectivity index (χ0n) is 8.48. The minimum Gasteiger partial charge on any atom is -0.461 e. The first kappa shape index (κ1) is 10.2. The molecular weight excluding hydrogens is 192 g/mol. The fourth-order valence-corrected chi connectivity index (χ4v) is 1.40. The average molecular weight is 206 g/mol. The first-order chi connectivity index (χ1) is 7.26. The summed E-state index contributed by atoms with van der Waals surface area (Å²) in [6.07, 6.45) is 1.90. The van der Waals surface area contributed by atoms with Crippen LogP contribution >= 0.6 is 0 Å². The lowest BCUT2D eigenvalue weighted by atomic mass is 10.1. The molecule has 2 rings (SSSR count). The Hall–Kier alpha value is -1.35. The zero-order valence-corrected chi connectivity index (χ0v) is 8.48. The molecule has 0 aromatic heterocycles. The first-order valence-corrected chi connectivity index (χ1v) is 5.09. The Balaban J connectivity index is 1.88. The Bertz CT molecular complexity index is 341. The van der Waals surface area contributed by atoms with Crippen molar-refractivity contribution in [3.63, 3.8) is 0 Å². The summed E-state index contributed by atoms with van der Waals surface area (Å²) in [4.78, 5) is 11.5. The van der Waals surface area contributed by atoms with Crippen LogP contribution in [0.4, 0.5) is 0 Å². The molecule has 3 heteroatoms. The van der Waals surface area contributed by atoms with Crippen LogP contribution in [0.3, 0.4) is 0 Å². The number of carbonyl (C=O) groups excluding carboxylic acids is 1. The van der Waals surface area contributed by atoms with E-state index in [-0.39, 0.29) is 18.0 Å². The van der Waals surface area contributed by atoms with Gasteiger partial charge in [0.2, 0.25) is 0 Å². The predicted molar refractivity (Wildman–Crippen MR) is 55.5 cm³/mol. The Kier molecular flexibility index (Phi) is 2.73. The number of carbonyl (C=O) groups is 1. The van der Waals surface area contributed by atoms with Crippen LogP contribution < -0.4 is 0 Å². The summed E-state index contributed by atoms with van der Waals surface area (Å²) < 4.78 is 5.15. The van der Waals surface area contributed by atoms with Crippen LogP contribution in [0.25, 0.3) is 0 Å². The summed E-state index contributed by atoms with van der Waals surface area (Å²) in [5.74, 6) is -0.310. The molecule has 0 aliphatic heterocycles. The van der Waals surface area contributed by atoms with Gasteiger partial charge in [-0.15, -0.1) is 0 Å². The highest BCUT2D eigenvalue weighted by atomic mass is 16.5. The molecule has 1 aromatic rings. The highest BCUT2D eigenvalue weighted by molar-refractivity contribution is 5.89. The van der Waals surface area contributed by atoms with E-state index in [1.165, 1.54) is 0 Å². The summed E-state index contributed by atoms with van der Waals surface area (Å²) in [6.45, 7) is 0.437. The summed E-state index contributed by atoms with van der Waals surface area (Å²) in [6, 6.07) is 8.90. The fraction of sp³-hybridized carbons (Fsp3) is 0.417. The second-order valence-electron chi connectivity index (χ2n) is 4.10. The molecule has 1 fully saturated rings. The standard InChI is InChI=1S/C12H14O3/c13-8-12(6-7-12)9-15-11(14)10-4-2-1-3-5-10/h1-5,13H,6-9H2. The Morgan fingerprint density at radius 3 is 2.53 bits per heavy atom. The molecule has 1 aromatic carbocycles. The van der Waals surface area contributed by atoms with Gasteiger partial charge in [0, 0.05) is 5.41 Å². The van der Waals surface area contributed by atoms with Crippen molar-refractivity contribution in [2.24, 2.45) is 5.41 Å². The summed E-state index contributed by atoms with van der Waals surface area (Å²) >= 11 is 0. The van der Waals surface area contributed by atoms with E-state index in [0.717, 1.165) is 12.8 Å². The van der Waals surface area contributed by atoms with Gasteiger partial charge in [-0.25, -0.2) is 4.79 Å². The minimum atomic E-state index is -0.310. The van der Waals surface area contributed by atoms with Crippen LogP contribution in [0.2, 0.25) is 0 Å². The number of benzene rings is 1. The number of hydrogen-bond donors (Lipinski definition) is 1. The molecule has 0 radical (unpaired) electrons. The topological polar surface area (TPSA) is 46.5 Å². The van der Waals surface area contributed by atoms with Gasteiger partial charge in [0.05, 0.1) is 18.8 Å². The molecule has 0 atom stereocenters. The molecule has 1 aliphatic carbocycles. The Labute approximate surface area is 88.7 Å². The van der Waals surface area contributed by atoms with Crippen LogP contribution in [0.15, 0.2) is 30.3 Å². The molecule has 1 aliphatic rings. The van der Waals surface area contributed by atoms with E-state index in [0.29, 0.717) is 12.2 Å². The molecule has 1 N–H and O–H groups in total. The Morgan fingerprint density at radius 1 is 1.33 bits per heavy atom. The third-order valence-electron chi connectivity index (χ3n) is 2.81. The predicted octanol–water partition coefficient (Wildman–Crippen LogP) is 1.62. The van der Waals surface area contributed by atoms with Gasteiger partial charge in [0.1, 0.15) is 0 Å². The number of aliphatic hydroxyl groups is 1. The monoisotopic (exact) mass is 206 g/mol. The van der Waals surface area contributed by atoms with Gasteiger partial charge in [-0.3, -0.25) is 0 Å². The molecule has 15 heavy (non-hydrogen) atoms. The first-order valence-electron chi connectivity index (χ1n) is 5.09. The molecule has 0 heterocycles. The molecule has 0 spiro atoms. The average Bonchev–Trinajstić information content (AvgIpc) is 3.08. The lowest BCUT2D eigenvalue weighted by molar-refractivity contribution is 0.0350. The highest BCUT2D eigenvalue weighted by Crippen LogP contribution is 2.45. The third kappa shape index (κ3) is 2.36. The van der Waals surface area contributed by atoms with Crippen molar-refractivity contribution < 1.29 is 14.6 Å². The lowest BCUT2D eigenvalue weighted by Crippen LogP contribution is -2.18. The van der Waals surface area contributed by atoms with E-state index in [9.17, 15) is 4.79 Å². The normalized spacial score (nSPS) is 17.1. The number of ether oxygens (including phenoxy) is 1. The summed E-state index contributed by atoms with van der Waals surface area (Å²) in [5.41, 5.74) is 0.427. The van der Waals surface area contributed by atoms with Gasteiger partial charge in [-0.1, -0.05) is 18.2 Å². The van der Waals surface area contributed by atoms with E-state index >= 15 is 0 Å². The van der Waals surface area contributed by atoms with E-state index < -0.39 is 0 Å². The van der Waals surface area contributed by atoms with Crippen LogP contribution in [-0.2, 0) is 4.74 Å². The van der Waals surface area contributed by atoms with Crippen molar-refractivity contribution >= 4 is 5.97 Å². The number of rotatable bonds is 4. The zero-order chi connectivity index (χ0) is 10.7. The number of aliphatic hydroxyl groups excluding tert-OH is 1. The second kappa shape index (κ2) is 4.03. The van der Waals surface area contributed by atoms with Crippen LogP contribution in [0, 0.1) is 5.41 Å². The molecular formula is C12H14O3. The Morgan fingerprint density at radius 2 is 2.00 bits per heavy atom. The molecule has 3 nitrogen and oxygen atoms in total. The number of esters is 1. The van der Waals surface area contributed by atoms with Crippen LogP contribution in [0.5, 0.6) is 0 Å². The van der Waals surface area contributed by atoms with Crippen LogP contribution in [0.1, 0.15) is 23.2 Å². The van der Waals surface area contributed by atoms with Crippen LogP contribution in [-0.4, -0.2) is 24.3 Å². The molecule has 0 bridgehead atoms. The second-order valence-corrected chi connectivity index (χ2v) is 4.10. The van der Waals surface area contributed by atoms with E-state index in [4.69, 9.17) is 9.84 Å². The maximum Gasteiger partial charge on any atom is 0.338 e. The van der Waals surface area contributed by atoms with Crippen molar-refractivity contribution in [3.05, 3.63) is 35.9 Å². The smallest absolute Gasteiger partial charge is 0.338 e. The van der Waals surface area contributed by atoms with Crippen molar-refractivity contribution in [3.8, 4) is 0 Å². The van der Waals surface area contributed by atoms with Gasteiger partial charge < -0.3 is 9.84 Å². The highest BCUT2D eigenvalue weighted by Gasteiger charge is 2.43. The number of hydrogen-bond acceptors (Lipinski definition) is 3. The van der Waals surface area contributed by atoms with Crippen molar-refractivity contribution in [1.82, 2.24) is 0 Å². The molecule has 1 saturated carbocycles. The fourth-order valence-electron chi connectivity index (χ4n) is 1.40. The third-order valence-corrected chi connectivity index (χ3v) is 2.81. The van der Waals surface area contributed by atoms with Gasteiger partial charge in [-0.05, 0) is 25.0 Å². The minimum absolute atomic E-state index is 0.106. The van der Waals surface area contributed by atoms with Crippen molar-refractivity contribution in [2.45, 2.75) is 12.8 Å². The molecule has 0 saturated heterocycles. The van der Waals surface area contributed by atoms with E-state index in [2.05, 4.69) is 0 Å². The maximum atomic E-state index is 11.5. The quantitative estimate of drug-likeness (QED) is 0.761. The SMILES string of the molecule is O=C(OCC1(CO)CC1)c1ccccc1. The van der Waals surface area contributed by atoms with Gasteiger partial charge in [0.15, 0.2) is 0 Å². The van der Waals surface area contributed by atoms with Gasteiger partial charge in [-0.2, -0.15) is 0 Å². The maximum absolute atomic E-state index is 11.5. The summed E-state index contributed by atoms with van der Waals surface area (Å²) in [7, 11) is 0. The van der Waals surface area contributed by atoms with E-state index in [1.807, 2.05) is 6.07 Å².